The largest absolute Gasteiger partial charge is 0.523 e. The monoisotopic (exact) mass is 312 g/mol. The fraction of sp³-hybridized carbons (Fsp3) is 1.00. The molecule has 0 aromatic heterocycles. The third-order valence-electron chi connectivity index (χ3n) is 3.15. The molecule has 1 fully saturated rings. The summed E-state index contributed by atoms with van der Waals surface area (Å²) < 4.78 is 93.4. The van der Waals surface area contributed by atoms with Crippen LogP contribution in [-0.4, -0.2) is 39.7 Å². The third-order valence-corrected chi connectivity index (χ3v) is 4.15. The van der Waals surface area contributed by atoms with Crippen LogP contribution in [0.15, 0.2) is 0 Å². The Morgan fingerprint density at radius 3 is 2.00 bits per heavy atom. The van der Waals surface area contributed by atoms with Crippen LogP contribution in [0.25, 0.3) is 0 Å². The highest BCUT2D eigenvalue weighted by Crippen LogP contribution is 2.45. The van der Waals surface area contributed by atoms with Crippen molar-refractivity contribution in [3.8, 4) is 0 Å². The lowest BCUT2D eigenvalue weighted by molar-refractivity contribution is -0.166. The molecule has 0 aliphatic carbocycles. The fourth-order valence-corrected chi connectivity index (χ4v) is 2.24. The van der Waals surface area contributed by atoms with Gasteiger partial charge in [0, 0.05) is 13.2 Å². The molecule has 0 unspecified atom stereocenters. The van der Waals surface area contributed by atoms with E-state index in [1.165, 1.54) is 0 Å². The molecule has 0 amide bonds. The van der Waals surface area contributed by atoms with Crippen LogP contribution in [-0.2, 0) is 19.0 Å². The van der Waals surface area contributed by atoms with Crippen molar-refractivity contribution in [2.45, 2.75) is 31.2 Å². The van der Waals surface area contributed by atoms with E-state index in [2.05, 4.69) is 4.18 Å². The molecule has 0 spiro atoms. The Bertz CT molecular complexity index is 405. The zero-order valence-corrected chi connectivity index (χ0v) is 10.8. The first-order valence-electron chi connectivity index (χ1n) is 5.33. The Kier molecular flexibility index (Phi) is 4.48. The lowest BCUT2D eigenvalue weighted by Crippen LogP contribution is -2.48. The minimum Gasteiger partial charge on any atom is -0.381 e. The normalized spacial score (nSPS) is 21.4. The van der Waals surface area contributed by atoms with Crippen molar-refractivity contribution in [3.05, 3.63) is 0 Å². The van der Waals surface area contributed by atoms with Crippen LogP contribution in [0.1, 0.15) is 19.8 Å². The zero-order valence-electron chi connectivity index (χ0n) is 9.97. The number of hydrogen-bond acceptors (Lipinski definition) is 4. The van der Waals surface area contributed by atoms with E-state index in [1.807, 2.05) is 0 Å². The minimum atomic E-state index is -5.87. The number of rotatable bonds is 4. The van der Waals surface area contributed by atoms with Crippen LogP contribution in [0.5, 0.6) is 0 Å². The highest BCUT2D eigenvalue weighted by Gasteiger charge is 2.54. The molecule has 1 heterocycles. The Morgan fingerprint density at radius 2 is 1.63 bits per heavy atom. The van der Waals surface area contributed by atoms with E-state index in [0.29, 0.717) is 6.92 Å². The van der Waals surface area contributed by atoms with Crippen molar-refractivity contribution in [2.75, 3.05) is 19.8 Å². The first-order chi connectivity index (χ1) is 8.41. The van der Waals surface area contributed by atoms with Crippen LogP contribution < -0.4 is 0 Å². The van der Waals surface area contributed by atoms with Gasteiger partial charge in [-0.3, -0.25) is 4.18 Å². The van der Waals surface area contributed by atoms with E-state index in [1.54, 1.807) is 0 Å². The lowest BCUT2D eigenvalue weighted by atomic mass is 9.76. The second-order valence-corrected chi connectivity index (χ2v) is 6.05. The van der Waals surface area contributed by atoms with E-state index in [-0.39, 0.29) is 26.1 Å². The van der Waals surface area contributed by atoms with Gasteiger partial charge in [-0.2, -0.15) is 21.6 Å². The van der Waals surface area contributed by atoms with Gasteiger partial charge in [0.25, 0.3) is 5.92 Å². The first kappa shape index (κ1) is 16.6. The maximum absolute atomic E-state index is 13.5. The van der Waals surface area contributed by atoms with Crippen molar-refractivity contribution >= 4 is 10.1 Å². The second-order valence-electron chi connectivity index (χ2n) is 4.44. The maximum atomic E-state index is 13.5. The highest BCUT2D eigenvalue weighted by atomic mass is 32.2. The Morgan fingerprint density at radius 1 is 1.16 bits per heavy atom. The van der Waals surface area contributed by atoms with E-state index in [9.17, 15) is 30.4 Å². The molecule has 1 aliphatic heterocycles. The molecule has 0 bridgehead atoms. The third kappa shape index (κ3) is 3.54. The molecule has 10 heteroatoms. The summed E-state index contributed by atoms with van der Waals surface area (Å²) in [6, 6.07) is 0. The molecule has 0 N–H and O–H groups in total. The first-order valence-corrected chi connectivity index (χ1v) is 6.73. The summed E-state index contributed by atoms with van der Waals surface area (Å²) in [5.41, 5.74) is -7.59. The van der Waals surface area contributed by atoms with Crippen LogP contribution in [0.4, 0.5) is 22.0 Å². The van der Waals surface area contributed by atoms with E-state index >= 15 is 0 Å². The lowest BCUT2D eigenvalue weighted by Gasteiger charge is -2.40. The summed E-state index contributed by atoms with van der Waals surface area (Å²) in [4.78, 5) is 0. The Balaban J connectivity index is 2.87. The minimum absolute atomic E-state index is 0.0845. The molecule has 4 nitrogen and oxygen atoms in total. The van der Waals surface area contributed by atoms with Crippen molar-refractivity contribution in [3.63, 3.8) is 0 Å². The molecular formula is C9H13F5O4S. The predicted molar refractivity (Wildman–Crippen MR) is 54.0 cm³/mol. The fourth-order valence-electron chi connectivity index (χ4n) is 1.73. The highest BCUT2D eigenvalue weighted by molar-refractivity contribution is 7.87. The van der Waals surface area contributed by atoms with E-state index in [4.69, 9.17) is 4.74 Å². The summed E-state index contributed by atoms with van der Waals surface area (Å²) >= 11 is 0. The Labute approximate surface area is 107 Å². The van der Waals surface area contributed by atoms with Gasteiger partial charge in [-0.1, -0.05) is 0 Å². The molecule has 1 saturated heterocycles. The molecule has 0 aromatic carbocycles. The molecule has 1 aliphatic rings. The van der Waals surface area contributed by atoms with Gasteiger partial charge in [0.2, 0.25) is 0 Å². The zero-order chi connectivity index (χ0) is 14.9. The summed E-state index contributed by atoms with van der Waals surface area (Å²) in [5.74, 6) is -3.38. The van der Waals surface area contributed by atoms with Gasteiger partial charge >= 0.3 is 15.6 Å². The van der Waals surface area contributed by atoms with Crippen molar-refractivity contribution in [2.24, 2.45) is 5.41 Å². The number of hydrogen-bond donors (Lipinski definition) is 0. The van der Waals surface area contributed by atoms with Gasteiger partial charge in [0.05, 0.1) is 12.0 Å². The van der Waals surface area contributed by atoms with Crippen molar-refractivity contribution in [1.29, 1.82) is 0 Å². The average Bonchev–Trinajstić information content (AvgIpc) is 2.25. The molecule has 0 atom stereocenters. The molecule has 0 aromatic rings. The summed E-state index contributed by atoms with van der Waals surface area (Å²) in [6.45, 7) is -0.860. The van der Waals surface area contributed by atoms with Gasteiger partial charge in [0.1, 0.15) is 0 Å². The topological polar surface area (TPSA) is 52.6 Å². The van der Waals surface area contributed by atoms with Crippen LogP contribution in [0, 0.1) is 5.41 Å². The van der Waals surface area contributed by atoms with E-state index in [0.717, 1.165) is 0 Å². The maximum Gasteiger partial charge on any atom is 0.523 e. The van der Waals surface area contributed by atoms with Gasteiger partial charge in [-0.05, 0) is 19.8 Å². The van der Waals surface area contributed by atoms with Gasteiger partial charge in [0.15, 0.2) is 0 Å². The smallest absolute Gasteiger partial charge is 0.381 e. The summed E-state index contributed by atoms with van der Waals surface area (Å²) in [6.07, 6.45) is -0.548. The second kappa shape index (κ2) is 5.13. The summed E-state index contributed by atoms with van der Waals surface area (Å²) in [5, 5.41) is 0. The van der Waals surface area contributed by atoms with Crippen molar-refractivity contribution in [1.82, 2.24) is 0 Å². The quantitative estimate of drug-likeness (QED) is 0.454. The number of halogens is 5. The van der Waals surface area contributed by atoms with Gasteiger partial charge in [-0.25, -0.2) is 8.78 Å². The average molecular weight is 312 g/mol. The SMILES string of the molecule is CC(F)(F)C1(COS(=O)(=O)C(F)(F)F)CCOCC1. The molecule has 19 heavy (non-hydrogen) atoms. The molecule has 0 radical (unpaired) electrons. The summed E-state index contributed by atoms with van der Waals surface area (Å²) in [7, 11) is -5.87. The van der Waals surface area contributed by atoms with Crippen LogP contribution in [0.2, 0.25) is 0 Å². The standard InChI is InChI=1S/C9H13F5O4S/c1-7(10,11)8(2-4-17-5-3-8)6-18-19(15,16)9(12,13)14/h2-6H2,1H3. The molecule has 1 rings (SSSR count). The predicted octanol–water partition coefficient (Wildman–Crippen LogP) is 2.30. The number of alkyl halides is 5. The van der Waals surface area contributed by atoms with Crippen LogP contribution >= 0.6 is 0 Å². The molecular weight excluding hydrogens is 299 g/mol. The molecule has 114 valence electrons. The molecule has 0 saturated carbocycles. The van der Waals surface area contributed by atoms with Crippen LogP contribution in [0.3, 0.4) is 0 Å². The Hall–Kier alpha value is -0.480. The van der Waals surface area contributed by atoms with Gasteiger partial charge in [-0.15, -0.1) is 0 Å². The number of ether oxygens (including phenoxy) is 1. The van der Waals surface area contributed by atoms with Gasteiger partial charge < -0.3 is 4.74 Å². The van der Waals surface area contributed by atoms with E-state index < -0.39 is 33.6 Å². The van der Waals surface area contributed by atoms with Crippen molar-refractivity contribution < 1.29 is 39.3 Å².